The minimum atomic E-state index is -0.238. The average Bonchev–Trinajstić information content (AvgIpc) is 3.00. The van der Waals surface area contributed by atoms with Gasteiger partial charge in [0.15, 0.2) is 0 Å². The van der Waals surface area contributed by atoms with Crippen LogP contribution in [-0.2, 0) is 0 Å². The van der Waals surface area contributed by atoms with E-state index in [1.54, 1.807) is 18.2 Å². The van der Waals surface area contributed by atoms with E-state index in [0.29, 0.717) is 6.42 Å². The summed E-state index contributed by atoms with van der Waals surface area (Å²) in [5, 5.41) is 17.9. The van der Waals surface area contributed by atoms with Gasteiger partial charge in [-0.1, -0.05) is 12.1 Å². The molecule has 1 aromatic carbocycles. The van der Waals surface area contributed by atoms with Crippen molar-refractivity contribution in [3.63, 3.8) is 0 Å². The molecule has 1 aliphatic heterocycles. The standard InChI is InChI=1S/C19H16FN3/c20-14-7-5-12(6-8-14)19-18-16-4-2-1-3-15(16)13(9-10-21)11-17(18)22-23-19/h5-9,19H,1-4,11H2. The Morgan fingerprint density at radius 3 is 2.61 bits per heavy atom. The molecule has 2 aliphatic carbocycles. The number of nitriles is 1. The zero-order valence-corrected chi connectivity index (χ0v) is 12.7. The second kappa shape index (κ2) is 5.58. The predicted octanol–water partition coefficient (Wildman–Crippen LogP) is 5.31. The molecule has 0 bridgehead atoms. The van der Waals surface area contributed by atoms with Crippen LogP contribution in [0.5, 0.6) is 0 Å². The van der Waals surface area contributed by atoms with Crippen LogP contribution in [0.1, 0.15) is 43.7 Å². The second-order valence-electron chi connectivity index (χ2n) is 6.17. The summed E-state index contributed by atoms with van der Waals surface area (Å²) in [5.41, 5.74) is 6.88. The Hall–Kier alpha value is -2.54. The third-order valence-electron chi connectivity index (χ3n) is 4.84. The minimum absolute atomic E-state index is 0.127. The van der Waals surface area contributed by atoms with Gasteiger partial charge in [0, 0.05) is 18.1 Å². The molecule has 0 saturated carbocycles. The maximum atomic E-state index is 13.2. The van der Waals surface area contributed by atoms with Gasteiger partial charge in [-0.3, -0.25) is 0 Å². The fourth-order valence-electron chi connectivity index (χ4n) is 3.81. The smallest absolute Gasteiger partial charge is 0.123 e. The number of benzene rings is 1. The van der Waals surface area contributed by atoms with Crippen LogP contribution in [0.4, 0.5) is 4.39 Å². The zero-order valence-electron chi connectivity index (χ0n) is 12.7. The van der Waals surface area contributed by atoms with E-state index in [-0.39, 0.29) is 11.9 Å². The molecule has 0 N–H and O–H groups in total. The SMILES string of the molecule is N#CC=C1CC2=C(C3=C1CCCC3)C(c1ccc(F)cc1)N=N2. The van der Waals surface area contributed by atoms with Crippen LogP contribution in [0.3, 0.4) is 0 Å². The lowest BCUT2D eigenvalue weighted by molar-refractivity contribution is 0.625. The Balaban J connectivity index is 1.80. The van der Waals surface area contributed by atoms with E-state index in [0.717, 1.165) is 36.1 Å². The fourth-order valence-corrected chi connectivity index (χ4v) is 3.81. The summed E-state index contributed by atoms with van der Waals surface area (Å²) in [6.45, 7) is 0. The summed E-state index contributed by atoms with van der Waals surface area (Å²) < 4.78 is 13.2. The molecule has 3 aliphatic rings. The Labute approximate surface area is 134 Å². The third kappa shape index (κ3) is 2.33. The van der Waals surface area contributed by atoms with E-state index < -0.39 is 0 Å². The van der Waals surface area contributed by atoms with Crippen molar-refractivity contribution in [2.75, 3.05) is 0 Å². The molecule has 23 heavy (non-hydrogen) atoms. The first-order valence-electron chi connectivity index (χ1n) is 7.98. The number of nitrogens with zero attached hydrogens (tertiary/aromatic N) is 3. The molecule has 0 saturated heterocycles. The summed E-state index contributed by atoms with van der Waals surface area (Å²) in [6.07, 6.45) is 6.70. The van der Waals surface area contributed by atoms with Gasteiger partial charge >= 0.3 is 0 Å². The molecule has 0 aromatic heterocycles. The Morgan fingerprint density at radius 1 is 1.13 bits per heavy atom. The van der Waals surface area contributed by atoms with Gasteiger partial charge in [0.1, 0.15) is 11.9 Å². The van der Waals surface area contributed by atoms with Crippen LogP contribution >= 0.6 is 0 Å². The van der Waals surface area contributed by atoms with Gasteiger partial charge in [0.25, 0.3) is 0 Å². The van der Waals surface area contributed by atoms with Crippen molar-refractivity contribution in [3.8, 4) is 6.07 Å². The van der Waals surface area contributed by atoms with Crippen LogP contribution in [0.2, 0.25) is 0 Å². The molecule has 1 atom stereocenters. The maximum Gasteiger partial charge on any atom is 0.123 e. The molecule has 4 heteroatoms. The van der Waals surface area contributed by atoms with E-state index >= 15 is 0 Å². The number of halogens is 1. The molecule has 3 nitrogen and oxygen atoms in total. The van der Waals surface area contributed by atoms with E-state index in [2.05, 4.69) is 16.3 Å². The number of allylic oxidation sites excluding steroid dienone is 3. The third-order valence-corrected chi connectivity index (χ3v) is 4.84. The van der Waals surface area contributed by atoms with E-state index in [1.807, 2.05) is 0 Å². The second-order valence-corrected chi connectivity index (χ2v) is 6.17. The van der Waals surface area contributed by atoms with Crippen molar-refractivity contribution >= 4 is 0 Å². The van der Waals surface area contributed by atoms with Crippen LogP contribution in [0.15, 0.2) is 68.6 Å². The highest BCUT2D eigenvalue weighted by Gasteiger charge is 2.35. The molecule has 4 rings (SSSR count). The normalized spacial score (nSPS) is 24.7. The summed E-state index contributed by atoms with van der Waals surface area (Å²) in [6, 6.07) is 8.57. The van der Waals surface area contributed by atoms with Gasteiger partial charge in [-0.2, -0.15) is 15.5 Å². The number of rotatable bonds is 1. The molecule has 1 aromatic rings. The quantitative estimate of drug-likeness (QED) is 0.648. The molecule has 114 valence electrons. The Kier molecular flexibility index (Phi) is 3.42. The van der Waals surface area contributed by atoms with E-state index in [1.165, 1.54) is 35.3 Å². The highest BCUT2D eigenvalue weighted by molar-refractivity contribution is 5.58. The molecule has 0 amide bonds. The first kappa shape index (κ1) is 14.1. The van der Waals surface area contributed by atoms with Crippen molar-refractivity contribution in [2.45, 2.75) is 38.1 Å². The predicted molar refractivity (Wildman–Crippen MR) is 84.8 cm³/mol. The van der Waals surface area contributed by atoms with Crippen molar-refractivity contribution in [3.05, 3.63) is 69.7 Å². The van der Waals surface area contributed by atoms with Crippen LogP contribution in [0.25, 0.3) is 0 Å². The molecule has 0 radical (unpaired) electrons. The Morgan fingerprint density at radius 2 is 1.87 bits per heavy atom. The first-order valence-corrected chi connectivity index (χ1v) is 7.98. The highest BCUT2D eigenvalue weighted by Crippen LogP contribution is 2.50. The molecular weight excluding hydrogens is 289 g/mol. The lowest BCUT2D eigenvalue weighted by Gasteiger charge is -2.29. The van der Waals surface area contributed by atoms with Gasteiger partial charge in [-0.15, -0.1) is 0 Å². The lowest BCUT2D eigenvalue weighted by atomic mass is 9.75. The van der Waals surface area contributed by atoms with Crippen LogP contribution in [0, 0.1) is 17.1 Å². The number of hydrogen-bond acceptors (Lipinski definition) is 3. The number of hydrogen-bond donors (Lipinski definition) is 0. The molecular formula is C19H16FN3. The summed E-state index contributed by atoms with van der Waals surface area (Å²) in [4.78, 5) is 0. The topological polar surface area (TPSA) is 48.5 Å². The van der Waals surface area contributed by atoms with Gasteiger partial charge < -0.3 is 0 Å². The van der Waals surface area contributed by atoms with Crippen molar-refractivity contribution in [1.29, 1.82) is 5.26 Å². The molecule has 0 fully saturated rings. The molecule has 1 heterocycles. The van der Waals surface area contributed by atoms with Crippen LogP contribution < -0.4 is 0 Å². The highest BCUT2D eigenvalue weighted by atomic mass is 19.1. The molecule has 1 unspecified atom stereocenters. The maximum absolute atomic E-state index is 13.2. The molecule has 0 spiro atoms. The summed E-state index contributed by atoms with van der Waals surface area (Å²) >= 11 is 0. The van der Waals surface area contributed by atoms with Crippen molar-refractivity contribution in [2.24, 2.45) is 10.2 Å². The largest absolute Gasteiger partial charge is 0.207 e. The van der Waals surface area contributed by atoms with E-state index in [9.17, 15) is 4.39 Å². The Bertz CT molecular complexity index is 819. The van der Waals surface area contributed by atoms with Crippen LogP contribution in [-0.4, -0.2) is 0 Å². The average molecular weight is 305 g/mol. The van der Waals surface area contributed by atoms with Crippen molar-refractivity contribution < 1.29 is 4.39 Å². The van der Waals surface area contributed by atoms with Crippen molar-refractivity contribution in [1.82, 2.24) is 0 Å². The monoisotopic (exact) mass is 305 g/mol. The summed E-state index contributed by atoms with van der Waals surface area (Å²) in [7, 11) is 0. The van der Waals surface area contributed by atoms with Gasteiger partial charge in [-0.05, 0) is 60.1 Å². The minimum Gasteiger partial charge on any atom is -0.207 e. The number of azo groups is 1. The van der Waals surface area contributed by atoms with Gasteiger partial charge in [-0.25, -0.2) is 4.39 Å². The van der Waals surface area contributed by atoms with E-state index in [4.69, 9.17) is 5.26 Å². The number of fused-ring (bicyclic) bond motifs is 1. The zero-order chi connectivity index (χ0) is 15.8. The fraction of sp³-hybridized carbons (Fsp3) is 0.316. The lowest BCUT2D eigenvalue weighted by Crippen LogP contribution is -2.13. The van der Waals surface area contributed by atoms with Gasteiger partial charge in [0.2, 0.25) is 0 Å². The summed E-state index contributed by atoms with van der Waals surface area (Å²) in [5.74, 6) is -0.238. The first-order chi connectivity index (χ1) is 11.3. The van der Waals surface area contributed by atoms with Gasteiger partial charge in [0.05, 0.1) is 11.8 Å².